The van der Waals surface area contributed by atoms with Crippen LogP contribution in [0.1, 0.15) is 53.4 Å². The Labute approximate surface area is 98.9 Å². The Morgan fingerprint density at radius 2 is 1.62 bits per heavy atom. The Morgan fingerprint density at radius 1 is 1.06 bits per heavy atom. The van der Waals surface area contributed by atoms with E-state index >= 15 is 0 Å². The second kappa shape index (κ2) is 2.39. The predicted octanol–water partition coefficient (Wildman–Crippen LogP) is 3.63. The van der Waals surface area contributed by atoms with Crippen LogP contribution in [0, 0.1) is 28.6 Å². The van der Waals surface area contributed by atoms with E-state index < -0.39 is 0 Å². The summed E-state index contributed by atoms with van der Waals surface area (Å²) >= 11 is 0. The fourth-order valence-electron chi connectivity index (χ4n) is 5.68. The molecule has 6 atom stereocenters. The van der Waals surface area contributed by atoms with Gasteiger partial charge in [-0.25, -0.2) is 0 Å². The minimum absolute atomic E-state index is 0.196. The molecule has 4 saturated carbocycles. The van der Waals surface area contributed by atoms with Crippen LogP contribution in [0.25, 0.3) is 0 Å². The molecule has 16 heavy (non-hydrogen) atoms. The summed E-state index contributed by atoms with van der Waals surface area (Å²) in [5, 5.41) is 0. The van der Waals surface area contributed by atoms with Gasteiger partial charge < -0.3 is 4.74 Å². The van der Waals surface area contributed by atoms with Gasteiger partial charge in [-0.15, -0.1) is 0 Å². The van der Waals surface area contributed by atoms with Gasteiger partial charge in [0.05, 0.1) is 11.7 Å². The van der Waals surface area contributed by atoms with Crippen LogP contribution in [0.15, 0.2) is 0 Å². The number of epoxide rings is 1. The molecule has 4 aliphatic carbocycles. The van der Waals surface area contributed by atoms with Crippen LogP contribution < -0.4 is 0 Å². The van der Waals surface area contributed by atoms with Crippen molar-refractivity contribution in [3.05, 3.63) is 0 Å². The third-order valence-corrected chi connectivity index (χ3v) is 7.22. The summed E-state index contributed by atoms with van der Waals surface area (Å²) in [7, 11) is 0. The van der Waals surface area contributed by atoms with Crippen molar-refractivity contribution >= 4 is 0 Å². The summed E-state index contributed by atoms with van der Waals surface area (Å²) in [5.74, 6) is 3.26. The van der Waals surface area contributed by atoms with E-state index in [-0.39, 0.29) is 5.60 Å². The molecule has 2 unspecified atom stereocenters. The minimum Gasteiger partial charge on any atom is -0.367 e. The molecule has 1 nitrogen and oxygen atoms in total. The molecule has 0 amide bonds. The van der Waals surface area contributed by atoms with Crippen molar-refractivity contribution in [3.63, 3.8) is 0 Å². The normalized spacial score (nSPS) is 63.8. The molecule has 0 N–H and O–H groups in total. The van der Waals surface area contributed by atoms with Gasteiger partial charge in [0.15, 0.2) is 0 Å². The third-order valence-electron chi connectivity index (χ3n) is 7.22. The lowest BCUT2D eigenvalue weighted by Crippen LogP contribution is -2.28. The van der Waals surface area contributed by atoms with E-state index in [9.17, 15) is 0 Å². The summed E-state index contributed by atoms with van der Waals surface area (Å²) in [5.41, 5.74) is 1.59. The van der Waals surface area contributed by atoms with Gasteiger partial charge in [0.25, 0.3) is 0 Å². The van der Waals surface area contributed by atoms with E-state index in [0.29, 0.717) is 11.5 Å². The molecule has 0 aromatic rings. The van der Waals surface area contributed by atoms with Gasteiger partial charge in [-0.05, 0) is 68.1 Å². The predicted molar refractivity (Wildman–Crippen MR) is 64.1 cm³/mol. The van der Waals surface area contributed by atoms with Crippen LogP contribution in [-0.2, 0) is 4.74 Å². The molecular weight excluding hydrogens is 196 g/mol. The second-order valence-corrected chi connectivity index (χ2v) is 7.83. The van der Waals surface area contributed by atoms with Gasteiger partial charge in [0.2, 0.25) is 0 Å². The van der Waals surface area contributed by atoms with Crippen LogP contribution in [0.5, 0.6) is 0 Å². The lowest BCUT2D eigenvalue weighted by atomic mass is 9.70. The summed E-state index contributed by atoms with van der Waals surface area (Å²) < 4.78 is 5.74. The standard InChI is InChI=1S/C15H24O/c1-13(2)12(16-13)5-6-14(3)9-7-10-11(8-9)15(10,14)4/h9-12H,5-8H2,1-4H3/t9?,10-,11+,12-,14-,15?/m1/s1. The average molecular weight is 220 g/mol. The first-order valence-electron chi connectivity index (χ1n) is 7.07. The molecule has 0 radical (unpaired) electrons. The Bertz CT molecular complexity index is 346. The molecule has 0 aromatic carbocycles. The van der Waals surface area contributed by atoms with Crippen molar-refractivity contribution in [1.29, 1.82) is 0 Å². The second-order valence-electron chi connectivity index (χ2n) is 7.83. The Balaban J connectivity index is 1.48. The van der Waals surface area contributed by atoms with E-state index in [1.807, 2.05) is 0 Å². The molecule has 90 valence electrons. The van der Waals surface area contributed by atoms with Gasteiger partial charge in [-0.1, -0.05) is 13.8 Å². The van der Waals surface area contributed by atoms with Crippen LogP contribution in [0.2, 0.25) is 0 Å². The van der Waals surface area contributed by atoms with E-state index in [2.05, 4.69) is 27.7 Å². The van der Waals surface area contributed by atoms with E-state index in [0.717, 1.165) is 23.2 Å². The fraction of sp³-hybridized carbons (Fsp3) is 1.00. The molecule has 1 heterocycles. The van der Waals surface area contributed by atoms with Crippen molar-refractivity contribution in [2.75, 3.05) is 0 Å². The molecule has 5 fully saturated rings. The number of hydrogen-bond acceptors (Lipinski definition) is 1. The monoisotopic (exact) mass is 220 g/mol. The zero-order chi connectivity index (χ0) is 11.3. The number of ether oxygens (including phenoxy) is 1. The van der Waals surface area contributed by atoms with Gasteiger partial charge in [0.1, 0.15) is 0 Å². The van der Waals surface area contributed by atoms with E-state index in [4.69, 9.17) is 4.74 Å². The van der Waals surface area contributed by atoms with Crippen LogP contribution in [0.4, 0.5) is 0 Å². The van der Waals surface area contributed by atoms with Crippen LogP contribution in [-0.4, -0.2) is 11.7 Å². The summed E-state index contributed by atoms with van der Waals surface area (Å²) in [6.07, 6.45) is 6.37. The minimum atomic E-state index is 0.196. The van der Waals surface area contributed by atoms with Crippen molar-refractivity contribution in [2.24, 2.45) is 28.6 Å². The maximum absolute atomic E-state index is 5.74. The quantitative estimate of drug-likeness (QED) is 0.662. The molecule has 1 aliphatic heterocycles. The molecule has 4 bridgehead atoms. The highest BCUT2D eigenvalue weighted by atomic mass is 16.6. The summed E-state index contributed by atoms with van der Waals surface area (Å²) in [6.45, 7) is 9.63. The fourth-order valence-corrected chi connectivity index (χ4v) is 5.68. The van der Waals surface area contributed by atoms with Gasteiger partial charge in [-0.3, -0.25) is 0 Å². The zero-order valence-electron chi connectivity index (χ0n) is 11.0. The first kappa shape index (κ1) is 9.94. The molecule has 1 saturated heterocycles. The Kier molecular flexibility index (Phi) is 1.48. The number of rotatable bonds is 3. The molecular formula is C15H24O. The number of hydrogen-bond donors (Lipinski definition) is 0. The smallest absolute Gasteiger partial charge is 0.0892 e. The molecule has 0 spiro atoms. The Morgan fingerprint density at radius 3 is 2.00 bits per heavy atom. The largest absolute Gasteiger partial charge is 0.367 e. The van der Waals surface area contributed by atoms with E-state index in [1.54, 1.807) is 12.8 Å². The van der Waals surface area contributed by atoms with Crippen molar-refractivity contribution in [1.82, 2.24) is 0 Å². The maximum Gasteiger partial charge on any atom is 0.0892 e. The highest BCUT2D eigenvalue weighted by molar-refractivity contribution is 5.28. The van der Waals surface area contributed by atoms with Gasteiger partial charge >= 0.3 is 0 Å². The Hall–Kier alpha value is -0.0400. The molecule has 5 rings (SSSR count). The summed E-state index contributed by atoms with van der Waals surface area (Å²) in [4.78, 5) is 0. The lowest BCUT2D eigenvalue weighted by molar-refractivity contribution is 0.143. The van der Waals surface area contributed by atoms with Crippen LogP contribution >= 0.6 is 0 Å². The van der Waals surface area contributed by atoms with Crippen molar-refractivity contribution in [3.8, 4) is 0 Å². The highest BCUT2D eigenvalue weighted by Crippen LogP contribution is 2.87. The topological polar surface area (TPSA) is 12.5 Å². The first-order chi connectivity index (χ1) is 7.39. The maximum atomic E-state index is 5.74. The molecule has 0 aromatic heterocycles. The summed E-state index contributed by atoms with van der Waals surface area (Å²) in [6, 6.07) is 0. The van der Waals surface area contributed by atoms with E-state index in [1.165, 1.54) is 12.8 Å². The highest BCUT2D eigenvalue weighted by Gasteiger charge is 2.81. The first-order valence-corrected chi connectivity index (χ1v) is 7.07. The van der Waals surface area contributed by atoms with Crippen molar-refractivity contribution < 1.29 is 4.74 Å². The third kappa shape index (κ3) is 0.868. The van der Waals surface area contributed by atoms with Gasteiger partial charge in [0, 0.05) is 0 Å². The lowest BCUT2D eigenvalue weighted by Gasteiger charge is -2.34. The van der Waals surface area contributed by atoms with Crippen molar-refractivity contribution in [2.45, 2.75) is 65.1 Å². The molecule has 1 heteroatoms. The van der Waals surface area contributed by atoms with Crippen LogP contribution in [0.3, 0.4) is 0 Å². The SMILES string of the molecule is CC1(C)O[C@@H]1CC[C@]1(C)C2C[C@@H]3[C@H](C2)C31C. The van der Waals surface area contributed by atoms with Gasteiger partial charge in [-0.2, -0.15) is 0 Å². The average Bonchev–Trinajstić information content (AvgIpc) is 2.82. The zero-order valence-corrected chi connectivity index (χ0v) is 11.0. The molecule has 5 aliphatic rings.